The molecule has 1 N–H and O–H groups in total. The first-order chi connectivity index (χ1) is 15.8. The highest BCUT2D eigenvalue weighted by atomic mass is 19.4. The molecule has 0 aliphatic carbocycles. The Bertz CT molecular complexity index is 1120. The largest absolute Gasteiger partial charge is 0.497 e. The maximum Gasteiger partial charge on any atom is 0.416 e. The van der Waals surface area contributed by atoms with Gasteiger partial charge in [0.05, 0.1) is 24.3 Å². The van der Waals surface area contributed by atoms with E-state index in [-0.39, 0.29) is 17.5 Å². The molecule has 1 saturated heterocycles. The van der Waals surface area contributed by atoms with E-state index in [1.165, 1.54) is 18.5 Å². The molecule has 0 bridgehead atoms. The molecule has 1 aromatic heterocycles. The van der Waals surface area contributed by atoms with E-state index in [4.69, 9.17) is 4.74 Å². The van der Waals surface area contributed by atoms with Gasteiger partial charge in [-0.25, -0.2) is 9.97 Å². The highest BCUT2D eigenvalue weighted by Crippen LogP contribution is 2.31. The molecule has 2 heterocycles. The lowest BCUT2D eigenvalue weighted by molar-refractivity contribution is -0.137. The number of carbonyl (C=O) groups is 1. The Kier molecular flexibility index (Phi) is 6.48. The Balaban J connectivity index is 1.46. The average molecular weight is 456 g/mol. The molecular weight excluding hydrogens is 433 g/mol. The third-order valence-corrected chi connectivity index (χ3v) is 5.61. The molecule has 4 rings (SSSR count). The standard InChI is InChI=1S/C24H23F3N4O2/c1-33-20-9-7-16(8-10-20)21-13-22(29-15-28-21)31-11-3-4-17(14-31)23(32)30-19-6-2-5-18(12-19)24(25,26)27/h2,5-10,12-13,15,17H,3-4,11,14H2,1H3,(H,30,32). The number of piperidine rings is 1. The second kappa shape index (κ2) is 9.48. The van der Waals surface area contributed by atoms with Crippen LogP contribution in [-0.2, 0) is 11.0 Å². The zero-order chi connectivity index (χ0) is 23.4. The number of anilines is 2. The van der Waals surface area contributed by atoms with Gasteiger partial charge in [-0.15, -0.1) is 0 Å². The van der Waals surface area contributed by atoms with Crippen LogP contribution >= 0.6 is 0 Å². The molecule has 6 nitrogen and oxygen atoms in total. The van der Waals surface area contributed by atoms with Crippen LogP contribution in [0.15, 0.2) is 60.9 Å². The molecule has 0 radical (unpaired) electrons. The summed E-state index contributed by atoms with van der Waals surface area (Å²) in [7, 11) is 1.60. The van der Waals surface area contributed by atoms with Crippen LogP contribution in [0.5, 0.6) is 5.75 Å². The van der Waals surface area contributed by atoms with Gasteiger partial charge in [0.1, 0.15) is 17.9 Å². The summed E-state index contributed by atoms with van der Waals surface area (Å²) in [4.78, 5) is 23.5. The number of carbonyl (C=O) groups excluding carboxylic acids is 1. The van der Waals surface area contributed by atoms with Crippen molar-refractivity contribution in [2.75, 3.05) is 30.4 Å². The van der Waals surface area contributed by atoms with Gasteiger partial charge in [0.15, 0.2) is 0 Å². The van der Waals surface area contributed by atoms with Gasteiger partial charge in [0.25, 0.3) is 0 Å². The quantitative estimate of drug-likeness (QED) is 0.584. The molecular formula is C24H23F3N4O2. The summed E-state index contributed by atoms with van der Waals surface area (Å²) in [5.41, 5.74) is 1.00. The lowest BCUT2D eigenvalue weighted by Gasteiger charge is -2.33. The van der Waals surface area contributed by atoms with E-state index < -0.39 is 11.7 Å². The molecule has 33 heavy (non-hydrogen) atoms. The van der Waals surface area contributed by atoms with E-state index in [1.54, 1.807) is 7.11 Å². The molecule has 2 aromatic carbocycles. The zero-order valence-corrected chi connectivity index (χ0v) is 18.0. The maximum atomic E-state index is 13.0. The van der Waals surface area contributed by atoms with Gasteiger partial charge in [-0.05, 0) is 55.3 Å². The predicted octanol–water partition coefficient (Wildman–Crippen LogP) is 5.03. The number of alkyl halides is 3. The number of benzene rings is 2. The second-order valence-electron chi connectivity index (χ2n) is 7.84. The highest BCUT2D eigenvalue weighted by molar-refractivity contribution is 5.93. The summed E-state index contributed by atoms with van der Waals surface area (Å²) < 4.78 is 44.1. The fourth-order valence-electron chi connectivity index (χ4n) is 3.86. The van der Waals surface area contributed by atoms with E-state index in [1.807, 2.05) is 35.2 Å². The fourth-order valence-corrected chi connectivity index (χ4v) is 3.86. The third kappa shape index (κ3) is 5.42. The van der Waals surface area contributed by atoms with Gasteiger partial charge in [-0.2, -0.15) is 13.2 Å². The summed E-state index contributed by atoms with van der Waals surface area (Å²) in [6.45, 7) is 1.15. The Labute approximate surface area is 189 Å². The van der Waals surface area contributed by atoms with E-state index in [0.29, 0.717) is 18.8 Å². The summed E-state index contributed by atoms with van der Waals surface area (Å²) in [5.74, 6) is 0.780. The molecule has 1 unspecified atom stereocenters. The Morgan fingerprint density at radius 3 is 2.64 bits per heavy atom. The summed E-state index contributed by atoms with van der Waals surface area (Å²) in [5, 5.41) is 2.63. The van der Waals surface area contributed by atoms with Gasteiger partial charge in [0, 0.05) is 30.4 Å². The fraction of sp³-hybridized carbons (Fsp3) is 0.292. The molecule has 9 heteroatoms. The molecule has 3 aromatic rings. The van der Waals surface area contributed by atoms with Gasteiger partial charge in [-0.1, -0.05) is 6.07 Å². The van der Waals surface area contributed by atoms with Crippen LogP contribution in [0.1, 0.15) is 18.4 Å². The second-order valence-corrected chi connectivity index (χ2v) is 7.84. The van der Waals surface area contributed by atoms with Crippen LogP contribution in [0.3, 0.4) is 0 Å². The normalized spacial score (nSPS) is 16.4. The Hall–Kier alpha value is -3.62. The van der Waals surface area contributed by atoms with E-state index in [2.05, 4.69) is 15.3 Å². The monoisotopic (exact) mass is 456 g/mol. The Morgan fingerprint density at radius 2 is 1.91 bits per heavy atom. The number of ether oxygens (including phenoxy) is 1. The molecule has 1 amide bonds. The van der Waals surface area contributed by atoms with Crippen molar-refractivity contribution in [2.45, 2.75) is 19.0 Å². The minimum atomic E-state index is -4.46. The first-order valence-corrected chi connectivity index (χ1v) is 10.5. The Morgan fingerprint density at radius 1 is 1.12 bits per heavy atom. The number of methoxy groups -OCH3 is 1. The van der Waals surface area contributed by atoms with Crippen molar-refractivity contribution in [1.82, 2.24) is 9.97 Å². The number of nitrogens with zero attached hydrogens (tertiary/aromatic N) is 3. The van der Waals surface area contributed by atoms with Crippen LogP contribution < -0.4 is 15.0 Å². The van der Waals surface area contributed by atoms with Crippen molar-refractivity contribution in [1.29, 1.82) is 0 Å². The maximum absolute atomic E-state index is 13.0. The highest BCUT2D eigenvalue weighted by Gasteiger charge is 2.31. The van der Waals surface area contributed by atoms with Crippen molar-refractivity contribution in [2.24, 2.45) is 5.92 Å². The summed E-state index contributed by atoms with van der Waals surface area (Å²) in [6, 6.07) is 14.1. The van der Waals surface area contributed by atoms with Crippen LogP contribution in [0.4, 0.5) is 24.7 Å². The first-order valence-electron chi connectivity index (χ1n) is 10.5. The molecule has 0 spiro atoms. The number of amides is 1. The lowest BCUT2D eigenvalue weighted by Crippen LogP contribution is -2.41. The first kappa shape index (κ1) is 22.6. The molecule has 1 aliphatic heterocycles. The number of halogens is 3. The van der Waals surface area contributed by atoms with E-state index in [0.717, 1.165) is 42.1 Å². The zero-order valence-electron chi connectivity index (χ0n) is 18.0. The number of rotatable bonds is 5. The molecule has 1 fully saturated rings. The number of hydrogen-bond acceptors (Lipinski definition) is 5. The van der Waals surface area contributed by atoms with Gasteiger partial charge in [0.2, 0.25) is 5.91 Å². The van der Waals surface area contributed by atoms with Crippen LogP contribution in [0.2, 0.25) is 0 Å². The topological polar surface area (TPSA) is 67.3 Å². The number of aromatic nitrogens is 2. The van der Waals surface area contributed by atoms with Crippen molar-refractivity contribution >= 4 is 17.4 Å². The van der Waals surface area contributed by atoms with E-state index >= 15 is 0 Å². The molecule has 172 valence electrons. The predicted molar refractivity (Wildman–Crippen MR) is 119 cm³/mol. The van der Waals surface area contributed by atoms with Crippen molar-refractivity contribution in [3.63, 3.8) is 0 Å². The van der Waals surface area contributed by atoms with Crippen LogP contribution in [0.25, 0.3) is 11.3 Å². The van der Waals surface area contributed by atoms with Gasteiger partial charge in [-0.3, -0.25) is 4.79 Å². The van der Waals surface area contributed by atoms with Crippen LogP contribution in [-0.4, -0.2) is 36.1 Å². The van der Waals surface area contributed by atoms with Crippen LogP contribution in [0, 0.1) is 5.92 Å². The number of hydrogen-bond donors (Lipinski definition) is 1. The molecule has 1 atom stereocenters. The van der Waals surface area contributed by atoms with Crippen molar-refractivity contribution in [3.8, 4) is 17.0 Å². The van der Waals surface area contributed by atoms with Crippen molar-refractivity contribution < 1.29 is 22.7 Å². The van der Waals surface area contributed by atoms with E-state index in [9.17, 15) is 18.0 Å². The minimum absolute atomic E-state index is 0.135. The SMILES string of the molecule is COc1ccc(-c2cc(N3CCCC(C(=O)Nc4cccc(C(F)(F)F)c4)C3)ncn2)cc1. The molecule has 1 aliphatic rings. The summed E-state index contributed by atoms with van der Waals surface area (Å²) >= 11 is 0. The third-order valence-electron chi connectivity index (χ3n) is 5.61. The minimum Gasteiger partial charge on any atom is -0.497 e. The lowest BCUT2D eigenvalue weighted by atomic mass is 9.97. The van der Waals surface area contributed by atoms with Crippen molar-refractivity contribution in [3.05, 3.63) is 66.5 Å². The smallest absolute Gasteiger partial charge is 0.416 e. The van der Waals surface area contributed by atoms with Gasteiger partial charge < -0.3 is 15.0 Å². The molecule has 0 saturated carbocycles. The van der Waals surface area contributed by atoms with Gasteiger partial charge >= 0.3 is 6.18 Å². The summed E-state index contributed by atoms with van der Waals surface area (Å²) in [6.07, 6.45) is -1.56. The number of nitrogens with one attached hydrogen (secondary N) is 1. The average Bonchev–Trinajstić information content (AvgIpc) is 2.84.